The molecule has 0 aliphatic heterocycles. The van der Waals surface area contributed by atoms with Crippen molar-refractivity contribution in [3.05, 3.63) is 37.5 Å². The number of nitrogens with zero attached hydrogens (tertiary/aromatic N) is 1. The van der Waals surface area contributed by atoms with E-state index in [1.807, 2.05) is 0 Å². The number of amides is 1. The molecule has 0 radical (unpaired) electrons. The van der Waals surface area contributed by atoms with Crippen LogP contribution in [0.4, 0.5) is 0 Å². The number of nitrogens with one attached hydrogen (secondary N) is 1. The van der Waals surface area contributed by atoms with Crippen molar-refractivity contribution in [2.75, 3.05) is 6.54 Å². The highest BCUT2D eigenvalue weighted by Gasteiger charge is 2.11. The number of thiazole rings is 1. The summed E-state index contributed by atoms with van der Waals surface area (Å²) in [5.41, 5.74) is 7.22. The Balaban J connectivity index is 1.93. The van der Waals surface area contributed by atoms with Crippen molar-refractivity contribution >= 4 is 28.6 Å². The van der Waals surface area contributed by atoms with E-state index in [1.54, 1.807) is 16.7 Å². The van der Waals surface area contributed by atoms with Crippen LogP contribution in [0, 0.1) is 13.8 Å². The molecule has 2 heterocycles. The first kappa shape index (κ1) is 14.2. The van der Waals surface area contributed by atoms with Crippen LogP contribution in [0.25, 0.3) is 0 Å². The van der Waals surface area contributed by atoms with Crippen LogP contribution < -0.4 is 11.1 Å². The summed E-state index contributed by atoms with van der Waals surface area (Å²) in [4.78, 5) is 18.7. The predicted molar refractivity (Wildman–Crippen MR) is 79.8 cm³/mol. The first-order chi connectivity index (χ1) is 9.10. The molecule has 0 fully saturated rings. The molecule has 6 heteroatoms. The Labute approximate surface area is 120 Å². The van der Waals surface area contributed by atoms with Crippen LogP contribution >= 0.6 is 22.7 Å². The first-order valence-corrected chi connectivity index (χ1v) is 7.78. The SMILES string of the molecule is Cc1cc(CNC(=O)c2csc(CCN)n2)sc1C. The summed E-state index contributed by atoms with van der Waals surface area (Å²) >= 11 is 3.20. The molecule has 0 spiro atoms. The van der Waals surface area contributed by atoms with Gasteiger partial charge in [0.15, 0.2) is 0 Å². The lowest BCUT2D eigenvalue weighted by molar-refractivity contribution is 0.0947. The number of aryl methyl sites for hydroxylation is 2. The molecule has 0 atom stereocenters. The maximum Gasteiger partial charge on any atom is 0.271 e. The molecule has 0 unspecified atom stereocenters. The highest BCUT2D eigenvalue weighted by atomic mass is 32.1. The molecule has 19 heavy (non-hydrogen) atoms. The molecule has 0 bridgehead atoms. The van der Waals surface area contributed by atoms with Gasteiger partial charge in [0.2, 0.25) is 0 Å². The number of hydrogen-bond acceptors (Lipinski definition) is 5. The van der Waals surface area contributed by atoms with Crippen LogP contribution in [0.2, 0.25) is 0 Å². The fourth-order valence-electron chi connectivity index (χ4n) is 1.65. The number of carbonyl (C=O) groups is 1. The zero-order valence-corrected chi connectivity index (χ0v) is 12.7. The van der Waals surface area contributed by atoms with E-state index in [0.29, 0.717) is 18.8 Å². The Hall–Kier alpha value is -1.24. The third-order valence-electron chi connectivity index (χ3n) is 2.78. The lowest BCUT2D eigenvalue weighted by atomic mass is 10.3. The summed E-state index contributed by atoms with van der Waals surface area (Å²) in [6, 6.07) is 2.11. The maximum absolute atomic E-state index is 11.9. The lowest BCUT2D eigenvalue weighted by Gasteiger charge is -2.00. The molecule has 2 aromatic heterocycles. The standard InChI is InChI=1S/C13H17N3OS2/c1-8-5-10(19-9(8)2)6-15-13(17)11-7-18-12(16-11)3-4-14/h5,7H,3-4,6,14H2,1-2H3,(H,15,17). The van der Waals surface area contributed by atoms with Crippen LogP contribution in [-0.4, -0.2) is 17.4 Å². The van der Waals surface area contributed by atoms with E-state index in [1.165, 1.54) is 26.7 Å². The first-order valence-electron chi connectivity index (χ1n) is 6.08. The van der Waals surface area contributed by atoms with Crippen LogP contribution in [0.15, 0.2) is 11.4 Å². The Kier molecular flexibility index (Phi) is 4.68. The summed E-state index contributed by atoms with van der Waals surface area (Å²) in [5.74, 6) is -0.122. The molecule has 0 saturated heterocycles. The average Bonchev–Trinajstić information content (AvgIpc) is 2.95. The van der Waals surface area contributed by atoms with E-state index in [0.717, 1.165) is 11.4 Å². The van der Waals surface area contributed by atoms with E-state index < -0.39 is 0 Å². The Morgan fingerprint density at radius 3 is 2.89 bits per heavy atom. The van der Waals surface area contributed by atoms with Gasteiger partial charge in [-0.2, -0.15) is 0 Å². The van der Waals surface area contributed by atoms with Crippen molar-refractivity contribution in [3.8, 4) is 0 Å². The summed E-state index contributed by atoms with van der Waals surface area (Å²) in [7, 11) is 0. The van der Waals surface area contributed by atoms with Gasteiger partial charge in [-0.05, 0) is 32.0 Å². The third-order valence-corrected chi connectivity index (χ3v) is 4.84. The summed E-state index contributed by atoms with van der Waals surface area (Å²) in [6.07, 6.45) is 0.723. The second-order valence-corrected chi connectivity index (χ2v) is 6.58. The molecular formula is C13H17N3OS2. The van der Waals surface area contributed by atoms with Gasteiger partial charge in [-0.25, -0.2) is 4.98 Å². The van der Waals surface area contributed by atoms with E-state index in [2.05, 4.69) is 30.2 Å². The number of rotatable bonds is 5. The number of aromatic nitrogens is 1. The Bertz CT molecular complexity index is 555. The van der Waals surface area contributed by atoms with Gasteiger partial charge >= 0.3 is 0 Å². The van der Waals surface area contributed by atoms with Crippen molar-refractivity contribution in [3.63, 3.8) is 0 Å². The summed E-state index contributed by atoms with van der Waals surface area (Å²) in [6.45, 7) is 5.28. The second kappa shape index (κ2) is 6.27. The second-order valence-electron chi connectivity index (χ2n) is 4.30. The van der Waals surface area contributed by atoms with Gasteiger partial charge in [0.25, 0.3) is 5.91 Å². The van der Waals surface area contributed by atoms with Gasteiger partial charge in [0, 0.05) is 21.6 Å². The van der Waals surface area contributed by atoms with Gasteiger partial charge in [-0.3, -0.25) is 4.79 Å². The van der Waals surface area contributed by atoms with Crippen LogP contribution in [0.3, 0.4) is 0 Å². The topological polar surface area (TPSA) is 68.0 Å². The largest absolute Gasteiger partial charge is 0.346 e. The molecule has 3 N–H and O–H groups in total. The van der Waals surface area contributed by atoms with Crippen molar-refractivity contribution in [1.29, 1.82) is 0 Å². The monoisotopic (exact) mass is 295 g/mol. The van der Waals surface area contributed by atoms with Gasteiger partial charge in [0.1, 0.15) is 5.69 Å². The number of hydrogen-bond donors (Lipinski definition) is 2. The fraction of sp³-hybridized carbons (Fsp3) is 0.385. The van der Waals surface area contributed by atoms with Gasteiger partial charge in [-0.1, -0.05) is 0 Å². The van der Waals surface area contributed by atoms with Crippen molar-refractivity contribution in [2.24, 2.45) is 5.73 Å². The summed E-state index contributed by atoms with van der Waals surface area (Å²) in [5, 5.41) is 5.59. The minimum Gasteiger partial charge on any atom is -0.346 e. The van der Waals surface area contributed by atoms with Crippen LogP contribution in [0.1, 0.15) is 30.8 Å². The molecule has 4 nitrogen and oxygen atoms in total. The molecule has 0 aliphatic carbocycles. The molecule has 0 saturated carbocycles. The Morgan fingerprint density at radius 2 is 2.26 bits per heavy atom. The van der Waals surface area contributed by atoms with Gasteiger partial charge in [0.05, 0.1) is 11.6 Å². The molecule has 2 rings (SSSR count). The van der Waals surface area contributed by atoms with E-state index in [9.17, 15) is 4.79 Å². The van der Waals surface area contributed by atoms with Crippen LogP contribution in [0.5, 0.6) is 0 Å². The normalized spacial score (nSPS) is 10.7. The molecular weight excluding hydrogens is 278 g/mol. The van der Waals surface area contributed by atoms with Crippen molar-refractivity contribution < 1.29 is 4.79 Å². The molecule has 0 aliphatic rings. The number of nitrogens with two attached hydrogens (primary N) is 1. The van der Waals surface area contributed by atoms with Gasteiger partial charge < -0.3 is 11.1 Å². The number of thiophene rings is 1. The third kappa shape index (κ3) is 3.62. The summed E-state index contributed by atoms with van der Waals surface area (Å²) < 4.78 is 0. The van der Waals surface area contributed by atoms with E-state index >= 15 is 0 Å². The predicted octanol–water partition coefficient (Wildman–Crippen LogP) is 2.25. The highest BCUT2D eigenvalue weighted by molar-refractivity contribution is 7.12. The Morgan fingerprint density at radius 1 is 1.47 bits per heavy atom. The van der Waals surface area contributed by atoms with E-state index in [-0.39, 0.29) is 5.91 Å². The molecule has 102 valence electrons. The van der Waals surface area contributed by atoms with Gasteiger partial charge in [-0.15, -0.1) is 22.7 Å². The molecule has 1 amide bonds. The maximum atomic E-state index is 11.9. The highest BCUT2D eigenvalue weighted by Crippen LogP contribution is 2.20. The zero-order chi connectivity index (χ0) is 13.8. The number of carbonyl (C=O) groups excluding carboxylic acids is 1. The smallest absolute Gasteiger partial charge is 0.271 e. The average molecular weight is 295 g/mol. The minimum atomic E-state index is -0.122. The van der Waals surface area contributed by atoms with Crippen molar-refractivity contribution in [2.45, 2.75) is 26.8 Å². The molecule has 2 aromatic rings. The zero-order valence-electron chi connectivity index (χ0n) is 11.0. The van der Waals surface area contributed by atoms with Crippen molar-refractivity contribution in [1.82, 2.24) is 10.3 Å². The fourth-order valence-corrected chi connectivity index (χ4v) is 3.44. The molecule has 0 aromatic carbocycles. The van der Waals surface area contributed by atoms with Crippen LogP contribution in [-0.2, 0) is 13.0 Å². The minimum absolute atomic E-state index is 0.122. The van der Waals surface area contributed by atoms with E-state index in [4.69, 9.17) is 5.73 Å². The quantitative estimate of drug-likeness (QED) is 0.889. The lowest BCUT2D eigenvalue weighted by Crippen LogP contribution is -2.22.